The average Bonchev–Trinajstić information content (AvgIpc) is 3.29. The zero-order valence-corrected chi connectivity index (χ0v) is 15.8. The molecule has 1 N–H and O–H groups in total. The number of carbonyl (C=O) groups is 1. The first-order chi connectivity index (χ1) is 12.6. The van der Waals surface area contributed by atoms with E-state index >= 15 is 0 Å². The van der Waals surface area contributed by atoms with Crippen LogP contribution in [0, 0.1) is 0 Å². The lowest BCUT2D eigenvalue weighted by Gasteiger charge is -2.23. The number of piperidine rings is 1. The quantitative estimate of drug-likeness (QED) is 0.767. The minimum Gasteiger partial charge on any atom is -0.340 e. The van der Waals surface area contributed by atoms with Crippen molar-refractivity contribution in [1.29, 1.82) is 0 Å². The van der Waals surface area contributed by atoms with Gasteiger partial charge in [0.05, 0.1) is 6.20 Å². The van der Waals surface area contributed by atoms with E-state index in [9.17, 15) is 4.79 Å². The third-order valence-corrected chi connectivity index (χ3v) is 5.04. The maximum Gasteiger partial charge on any atom is 0.275 e. The summed E-state index contributed by atoms with van der Waals surface area (Å²) in [6, 6.07) is 0.556. The summed E-state index contributed by atoms with van der Waals surface area (Å²) in [4.78, 5) is 18.5. The summed E-state index contributed by atoms with van der Waals surface area (Å²) in [5.74, 6) is 0.958. The van der Waals surface area contributed by atoms with Crippen LogP contribution in [-0.2, 0) is 20.0 Å². The van der Waals surface area contributed by atoms with E-state index in [4.69, 9.17) is 0 Å². The number of hydrogen-bond acceptors (Lipinski definition) is 5. The largest absolute Gasteiger partial charge is 0.340 e. The van der Waals surface area contributed by atoms with Gasteiger partial charge in [-0.1, -0.05) is 11.6 Å². The highest BCUT2D eigenvalue weighted by molar-refractivity contribution is 5.91. The Balaban J connectivity index is 1.43. The summed E-state index contributed by atoms with van der Waals surface area (Å²) < 4.78 is 3.79. The molecule has 0 radical (unpaired) electrons. The van der Waals surface area contributed by atoms with E-state index in [0.29, 0.717) is 18.3 Å². The molecule has 3 rings (SSSR count). The molecule has 3 heterocycles. The second-order valence-electron chi connectivity index (χ2n) is 7.09. The van der Waals surface area contributed by atoms with Crippen molar-refractivity contribution in [2.75, 3.05) is 20.1 Å². The third-order valence-electron chi connectivity index (χ3n) is 5.04. The SMILES string of the molecule is CN(CCCc1nccn1C)C(=O)c1cn(CC[C@H]2CCCCN2)nn1. The van der Waals surface area contributed by atoms with Crippen molar-refractivity contribution in [3.8, 4) is 0 Å². The highest BCUT2D eigenvalue weighted by Crippen LogP contribution is 2.11. The van der Waals surface area contributed by atoms with Crippen LogP contribution in [0.2, 0.25) is 0 Å². The molecule has 1 fully saturated rings. The van der Waals surface area contributed by atoms with Gasteiger partial charge in [-0.25, -0.2) is 4.98 Å². The summed E-state index contributed by atoms with van der Waals surface area (Å²) in [6.45, 7) is 2.57. The first-order valence-corrected chi connectivity index (χ1v) is 9.48. The van der Waals surface area contributed by atoms with Gasteiger partial charge in [0.1, 0.15) is 5.82 Å². The van der Waals surface area contributed by atoms with Crippen LogP contribution in [0.5, 0.6) is 0 Å². The van der Waals surface area contributed by atoms with Crippen molar-refractivity contribution in [2.45, 2.75) is 51.1 Å². The van der Waals surface area contributed by atoms with Crippen molar-refractivity contribution in [2.24, 2.45) is 7.05 Å². The van der Waals surface area contributed by atoms with Crippen LogP contribution >= 0.6 is 0 Å². The topological polar surface area (TPSA) is 80.9 Å². The Hall–Kier alpha value is -2.22. The summed E-state index contributed by atoms with van der Waals surface area (Å²) in [7, 11) is 3.80. The number of carbonyl (C=O) groups excluding carboxylic acids is 1. The van der Waals surface area contributed by atoms with Crippen molar-refractivity contribution < 1.29 is 4.79 Å². The number of nitrogens with zero attached hydrogens (tertiary/aromatic N) is 6. The van der Waals surface area contributed by atoms with Crippen molar-refractivity contribution in [3.63, 3.8) is 0 Å². The van der Waals surface area contributed by atoms with E-state index in [1.54, 1.807) is 22.0 Å². The molecule has 0 saturated carbocycles. The van der Waals surface area contributed by atoms with Gasteiger partial charge in [0.15, 0.2) is 5.69 Å². The summed E-state index contributed by atoms with van der Waals surface area (Å²) in [6.07, 6.45) is 12.0. The van der Waals surface area contributed by atoms with E-state index in [1.807, 2.05) is 24.9 Å². The fraction of sp³-hybridized carbons (Fsp3) is 0.667. The number of rotatable bonds is 8. The van der Waals surface area contributed by atoms with E-state index in [-0.39, 0.29) is 5.91 Å². The molecule has 1 atom stereocenters. The van der Waals surface area contributed by atoms with Gasteiger partial charge in [0.2, 0.25) is 0 Å². The molecule has 142 valence electrons. The molecular weight excluding hydrogens is 330 g/mol. The van der Waals surface area contributed by atoms with Gasteiger partial charge in [-0.3, -0.25) is 9.48 Å². The molecule has 8 nitrogen and oxygen atoms in total. The summed E-state index contributed by atoms with van der Waals surface area (Å²) >= 11 is 0. The van der Waals surface area contributed by atoms with Gasteiger partial charge < -0.3 is 14.8 Å². The zero-order chi connectivity index (χ0) is 18.4. The Kier molecular flexibility index (Phi) is 6.38. The number of hydrogen-bond donors (Lipinski definition) is 1. The molecule has 1 aliphatic heterocycles. The Labute approximate surface area is 154 Å². The van der Waals surface area contributed by atoms with Crippen LogP contribution in [0.4, 0.5) is 0 Å². The molecule has 0 unspecified atom stereocenters. The monoisotopic (exact) mass is 359 g/mol. The number of imidazole rings is 1. The van der Waals surface area contributed by atoms with Gasteiger partial charge in [-0.2, -0.15) is 0 Å². The maximum absolute atomic E-state index is 12.5. The Morgan fingerprint density at radius 1 is 1.42 bits per heavy atom. The van der Waals surface area contributed by atoms with Gasteiger partial charge >= 0.3 is 0 Å². The second kappa shape index (κ2) is 8.93. The molecular formula is C18H29N7O. The van der Waals surface area contributed by atoms with Crippen molar-refractivity contribution >= 4 is 5.91 Å². The van der Waals surface area contributed by atoms with Gasteiger partial charge in [0, 0.05) is 52.0 Å². The van der Waals surface area contributed by atoms with Crippen molar-refractivity contribution in [3.05, 3.63) is 30.1 Å². The van der Waals surface area contributed by atoms with Crippen LogP contribution in [0.15, 0.2) is 18.6 Å². The molecule has 1 saturated heterocycles. The molecule has 0 aromatic carbocycles. The van der Waals surface area contributed by atoms with Crippen LogP contribution in [0.1, 0.15) is 48.4 Å². The van der Waals surface area contributed by atoms with Crippen LogP contribution in [-0.4, -0.2) is 61.5 Å². The van der Waals surface area contributed by atoms with Crippen LogP contribution < -0.4 is 5.32 Å². The smallest absolute Gasteiger partial charge is 0.275 e. The van der Waals surface area contributed by atoms with Crippen LogP contribution in [0.25, 0.3) is 0 Å². The Bertz CT molecular complexity index is 702. The normalized spacial score (nSPS) is 17.4. The summed E-state index contributed by atoms with van der Waals surface area (Å²) in [5.41, 5.74) is 0.418. The fourth-order valence-electron chi connectivity index (χ4n) is 3.37. The number of aryl methyl sites for hydroxylation is 3. The molecule has 2 aromatic rings. The van der Waals surface area contributed by atoms with E-state index in [0.717, 1.165) is 38.2 Å². The fourth-order valence-corrected chi connectivity index (χ4v) is 3.37. The first-order valence-electron chi connectivity index (χ1n) is 9.48. The van der Waals surface area contributed by atoms with E-state index < -0.39 is 0 Å². The minimum atomic E-state index is -0.0770. The zero-order valence-electron chi connectivity index (χ0n) is 15.8. The second-order valence-corrected chi connectivity index (χ2v) is 7.09. The van der Waals surface area contributed by atoms with Gasteiger partial charge in [0.25, 0.3) is 5.91 Å². The molecule has 1 amide bonds. The molecule has 2 aromatic heterocycles. The lowest BCUT2D eigenvalue weighted by molar-refractivity contribution is 0.0787. The van der Waals surface area contributed by atoms with E-state index in [1.165, 1.54) is 19.3 Å². The third kappa shape index (κ3) is 4.91. The van der Waals surface area contributed by atoms with Gasteiger partial charge in [-0.15, -0.1) is 5.10 Å². The van der Waals surface area contributed by atoms with Crippen molar-refractivity contribution in [1.82, 2.24) is 34.8 Å². The first kappa shape index (κ1) is 18.6. The standard InChI is InChI=1S/C18H29N7O/c1-23-13-10-20-17(23)7-5-11-24(2)18(26)16-14-25(22-21-16)12-8-15-6-3-4-9-19-15/h10,13-15,19H,3-9,11-12H2,1-2H3/t15-/m1/s1. The average molecular weight is 359 g/mol. The Morgan fingerprint density at radius 3 is 3.04 bits per heavy atom. The lowest BCUT2D eigenvalue weighted by atomic mass is 10.0. The highest BCUT2D eigenvalue weighted by Gasteiger charge is 2.17. The summed E-state index contributed by atoms with van der Waals surface area (Å²) in [5, 5.41) is 11.7. The van der Waals surface area contributed by atoms with Crippen LogP contribution in [0.3, 0.4) is 0 Å². The molecule has 1 aliphatic rings. The molecule has 0 bridgehead atoms. The van der Waals surface area contributed by atoms with Gasteiger partial charge in [-0.05, 0) is 32.2 Å². The lowest BCUT2D eigenvalue weighted by Crippen LogP contribution is -2.34. The number of aromatic nitrogens is 5. The number of nitrogens with one attached hydrogen (secondary N) is 1. The molecule has 8 heteroatoms. The number of amides is 1. The molecule has 26 heavy (non-hydrogen) atoms. The molecule has 0 aliphatic carbocycles. The highest BCUT2D eigenvalue weighted by atomic mass is 16.2. The molecule has 0 spiro atoms. The predicted molar refractivity (Wildman–Crippen MR) is 98.8 cm³/mol. The Morgan fingerprint density at radius 2 is 2.31 bits per heavy atom. The maximum atomic E-state index is 12.5. The minimum absolute atomic E-state index is 0.0770. The van der Waals surface area contributed by atoms with E-state index in [2.05, 4.69) is 20.6 Å². The predicted octanol–water partition coefficient (Wildman–Crippen LogP) is 1.25.